The van der Waals surface area contributed by atoms with Crippen LogP contribution in [0.15, 0.2) is 48.5 Å². The minimum Gasteiger partial charge on any atom is -0.378 e. The summed E-state index contributed by atoms with van der Waals surface area (Å²) in [5.74, 6) is -0.389. The van der Waals surface area contributed by atoms with Crippen molar-refractivity contribution in [1.29, 1.82) is 0 Å². The van der Waals surface area contributed by atoms with E-state index in [1.54, 1.807) is 0 Å². The Hall–Kier alpha value is -2.54. The lowest BCUT2D eigenvalue weighted by Gasteiger charge is -2.23. The summed E-state index contributed by atoms with van der Waals surface area (Å²) >= 11 is 0. The Bertz CT molecular complexity index is 754. The molecule has 2 N–H and O–H groups in total. The van der Waals surface area contributed by atoms with E-state index >= 15 is 0 Å². The van der Waals surface area contributed by atoms with Gasteiger partial charge in [0.15, 0.2) is 0 Å². The monoisotopic (exact) mass is 380 g/mol. The summed E-state index contributed by atoms with van der Waals surface area (Å²) in [5.41, 5.74) is 1.60. The number of amides is 1. The third-order valence-corrected chi connectivity index (χ3v) is 4.45. The van der Waals surface area contributed by atoms with Crippen LogP contribution in [0, 0.1) is 0 Å². The van der Waals surface area contributed by atoms with Crippen molar-refractivity contribution in [1.82, 2.24) is 5.32 Å². The maximum absolute atomic E-state index is 12.6. The number of carbonyl (C=O) groups is 1. The van der Waals surface area contributed by atoms with Crippen molar-refractivity contribution < 1.29 is 22.9 Å². The molecule has 1 amide bonds. The highest BCUT2D eigenvalue weighted by Gasteiger charge is 2.30. The van der Waals surface area contributed by atoms with Gasteiger partial charge in [0.05, 0.1) is 26.2 Å². The minimum absolute atomic E-state index is 0.0274. The van der Waals surface area contributed by atoms with Crippen LogP contribution in [0.3, 0.4) is 0 Å². The number of anilines is 1. The van der Waals surface area contributed by atoms with Crippen LogP contribution in [0.5, 0.6) is 0 Å². The molecule has 2 rings (SSSR count). The number of nitrogens with one attached hydrogen (secondary N) is 2. The molecule has 7 heteroatoms. The summed E-state index contributed by atoms with van der Waals surface area (Å²) in [6.07, 6.45) is -4.41. The topological polar surface area (TPSA) is 36.8 Å². The van der Waals surface area contributed by atoms with E-state index in [2.05, 4.69) is 5.32 Å². The second-order valence-electron chi connectivity index (χ2n) is 6.90. The molecule has 0 bridgehead atoms. The number of benzene rings is 2. The van der Waals surface area contributed by atoms with Crippen LogP contribution in [0.1, 0.15) is 27.5 Å². The van der Waals surface area contributed by atoms with E-state index < -0.39 is 11.7 Å². The third kappa shape index (κ3) is 5.47. The van der Waals surface area contributed by atoms with Crippen LogP contribution in [0.25, 0.3) is 0 Å². The van der Waals surface area contributed by atoms with E-state index in [4.69, 9.17) is 0 Å². The number of quaternary nitrogens is 1. The first-order valence-corrected chi connectivity index (χ1v) is 8.62. The van der Waals surface area contributed by atoms with Crippen molar-refractivity contribution in [2.45, 2.75) is 12.2 Å². The lowest BCUT2D eigenvalue weighted by atomic mass is 10.0. The number of nitrogens with zero attached hydrogens (tertiary/aromatic N) is 1. The van der Waals surface area contributed by atoms with E-state index in [0.29, 0.717) is 6.54 Å². The normalized spacial score (nSPS) is 12.7. The molecule has 0 radical (unpaired) electrons. The summed E-state index contributed by atoms with van der Waals surface area (Å²) in [7, 11) is 7.92. The Labute approximate surface area is 157 Å². The Morgan fingerprint density at radius 1 is 1.04 bits per heavy atom. The van der Waals surface area contributed by atoms with Crippen molar-refractivity contribution in [3.63, 3.8) is 0 Å². The molecule has 2 aromatic carbocycles. The molecule has 1 atom stereocenters. The fourth-order valence-electron chi connectivity index (χ4n) is 2.77. The van der Waals surface area contributed by atoms with Crippen LogP contribution < -0.4 is 15.1 Å². The summed E-state index contributed by atoms with van der Waals surface area (Å²) in [6.45, 7) is 0.378. The van der Waals surface area contributed by atoms with Gasteiger partial charge >= 0.3 is 6.18 Å². The van der Waals surface area contributed by atoms with E-state index in [1.807, 2.05) is 57.4 Å². The maximum Gasteiger partial charge on any atom is 0.416 e. The number of hydrogen-bond acceptors (Lipinski definition) is 2. The smallest absolute Gasteiger partial charge is 0.378 e. The van der Waals surface area contributed by atoms with Crippen LogP contribution in [-0.4, -0.2) is 40.6 Å². The Balaban J connectivity index is 2.06. The van der Waals surface area contributed by atoms with Crippen LogP contribution in [-0.2, 0) is 6.18 Å². The largest absolute Gasteiger partial charge is 0.416 e. The zero-order valence-electron chi connectivity index (χ0n) is 15.9. The van der Waals surface area contributed by atoms with Gasteiger partial charge in [-0.3, -0.25) is 4.79 Å². The number of hydrogen-bond donors (Lipinski definition) is 2. The molecular weight excluding hydrogens is 355 g/mol. The molecule has 0 saturated heterocycles. The second kappa shape index (κ2) is 8.43. The zero-order valence-corrected chi connectivity index (χ0v) is 15.9. The van der Waals surface area contributed by atoms with Crippen molar-refractivity contribution in [2.75, 3.05) is 39.6 Å². The first kappa shape index (κ1) is 20.8. The van der Waals surface area contributed by atoms with Gasteiger partial charge in [-0.25, -0.2) is 0 Å². The van der Waals surface area contributed by atoms with Crippen molar-refractivity contribution in [3.05, 3.63) is 65.2 Å². The van der Waals surface area contributed by atoms with Crippen molar-refractivity contribution in [3.8, 4) is 0 Å². The SMILES string of the molecule is CN(C)c1ccc([C@@H](CNC(=O)c2ccc(C(F)(F)F)cc2)[NH+](C)C)cc1. The average Bonchev–Trinajstić information content (AvgIpc) is 2.61. The third-order valence-electron chi connectivity index (χ3n) is 4.45. The van der Waals surface area contributed by atoms with E-state index in [9.17, 15) is 18.0 Å². The lowest BCUT2D eigenvalue weighted by molar-refractivity contribution is -0.890. The fraction of sp³-hybridized carbons (Fsp3) is 0.350. The zero-order chi connectivity index (χ0) is 20.2. The number of rotatable bonds is 6. The second-order valence-corrected chi connectivity index (χ2v) is 6.90. The van der Waals surface area contributed by atoms with Crippen molar-refractivity contribution in [2.24, 2.45) is 0 Å². The van der Waals surface area contributed by atoms with E-state index in [0.717, 1.165) is 28.3 Å². The van der Waals surface area contributed by atoms with Crippen molar-refractivity contribution >= 4 is 11.6 Å². The molecule has 0 aromatic heterocycles. The molecule has 146 valence electrons. The first-order chi connectivity index (χ1) is 12.6. The highest BCUT2D eigenvalue weighted by Crippen LogP contribution is 2.29. The summed E-state index contributed by atoms with van der Waals surface area (Å²) < 4.78 is 37.9. The molecule has 0 saturated carbocycles. The molecule has 0 fully saturated rings. The lowest BCUT2D eigenvalue weighted by Crippen LogP contribution is -3.07. The first-order valence-electron chi connectivity index (χ1n) is 8.62. The van der Waals surface area contributed by atoms with Gasteiger partial charge in [0.1, 0.15) is 6.04 Å². The van der Waals surface area contributed by atoms with Gasteiger partial charge in [0, 0.05) is 30.9 Å². The summed E-state index contributed by atoms with van der Waals surface area (Å²) in [4.78, 5) is 15.4. The Morgan fingerprint density at radius 3 is 2.04 bits per heavy atom. The highest BCUT2D eigenvalue weighted by molar-refractivity contribution is 5.94. The number of carbonyl (C=O) groups excluding carboxylic acids is 1. The van der Waals surface area contributed by atoms with Crippen LogP contribution in [0.4, 0.5) is 18.9 Å². The molecule has 0 heterocycles. The van der Waals surface area contributed by atoms with Crippen LogP contribution >= 0.6 is 0 Å². The van der Waals surface area contributed by atoms with Gasteiger partial charge in [0.2, 0.25) is 0 Å². The minimum atomic E-state index is -4.41. The molecular formula is C20H25F3N3O+. The quantitative estimate of drug-likeness (QED) is 0.808. The van der Waals surface area contributed by atoms with E-state index in [-0.39, 0.29) is 17.5 Å². The Kier molecular flexibility index (Phi) is 6.49. The van der Waals surface area contributed by atoms with Gasteiger partial charge in [0.25, 0.3) is 5.91 Å². The van der Waals surface area contributed by atoms with Gasteiger partial charge in [-0.05, 0) is 36.4 Å². The summed E-state index contributed by atoms with van der Waals surface area (Å²) in [6, 6.07) is 12.3. The predicted molar refractivity (Wildman–Crippen MR) is 100 cm³/mol. The standard InChI is InChI=1S/C20H24F3N3O/c1-25(2)17-11-7-14(8-12-17)18(26(3)4)13-24-19(27)15-5-9-16(10-6-15)20(21,22)23/h5-12,18H,13H2,1-4H3,(H,24,27)/p+1/t18-/m1/s1. The number of alkyl halides is 3. The molecule has 0 aliphatic rings. The molecule has 2 aromatic rings. The van der Waals surface area contributed by atoms with E-state index in [1.165, 1.54) is 12.1 Å². The molecule has 4 nitrogen and oxygen atoms in total. The van der Waals surface area contributed by atoms with Gasteiger partial charge in [-0.15, -0.1) is 0 Å². The highest BCUT2D eigenvalue weighted by atomic mass is 19.4. The molecule has 0 aliphatic heterocycles. The Morgan fingerprint density at radius 2 is 1.59 bits per heavy atom. The van der Waals surface area contributed by atoms with Crippen LogP contribution in [0.2, 0.25) is 0 Å². The average molecular weight is 380 g/mol. The number of likely N-dealkylation sites (N-methyl/N-ethyl adjacent to an activating group) is 1. The molecule has 0 spiro atoms. The molecule has 0 aliphatic carbocycles. The molecule has 0 unspecified atom stereocenters. The van der Waals surface area contributed by atoms with Gasteiger partial charge < -0.3 is 15.1 Å². The number of halogens is 3. The fourth-order valence-corrected chi connectivity index (χ4v) is 2.77. The molecule has 27 heavy (non-hydrogen) atoms. The van der Waals surface area contributed by atoms with Gasteiger partial charge in [-0.1, -0.05) is 12.1 Å². The predicted octanol–water partition coefficient (Wildman–Crippen LogP) is 2.39. The van der Waals surface area contributed by atoms with Gasteiger partial charge in [-0.2, -0.15) is 13.2 Å². The summed E-state index contributed by atoms with van der Waals surface area (Å²) in [5, 5.41) is 2.82. The maximum atomic E-state index is 12.6.